The zero-order chi connectivity index (χ0) is 13.3. The molecule has 18 heavy (non-hydrogen) atoms. The molecule has 0 N–H and O–H groups in total. The van der Waals surface area contributed by atoms with Crippen molar-refractivity contribution in [1.29, 1.82) is 0 Å². The molecule has 1 atom stereocenters. The van der Waals surface area contributed by atoms with Crippen molar-refractivity contribution in [2.45, 2.75) is 24.0 Å². The normalized spacial score (nSPS) is 22.0. The molecule has 4 nitrogen and oxygen atoms in total. The number of carbonyl (C=O) groups is 1. The van der Waals surface area contributed by atoms with E-state index in [2.05, 4.69) is 15.9 Å². The molecule has 0 aliphatic carbocycles. The Morgan fingerprint density at radius 1 is 1.50 bits per heavy atom. The summed E-state index contributed by atoms with van der Waals surface area (Å²) in [5.41, 5.74) is 0. The van der Waals surface area contributed by atoms with Gasteiger partial charge < -0.3 is 0 Å². The van der Waals surface area contributed by atoms with E-state index in [1.54, 1.807) is 12.1 Å². The van der Waals surface area contributed by atoms with Crippen molar-refractivity contribution in [1.82, 2.24) is 4.31 Å². The van der Waals surface area contributed by atoms with E-state index in [1.165, 1.54) is 22.6 Å². The molecule has 0 saturated carbocycles. The molecule has 1 aromatic heterocycles. The second-order valence-electron chi connectivity index (χ2n) is 4.37. The number of sulfonamides is 1. The lowest BCUT2D eigenvalue weighted by Gasteiger charge is -2.30. The van der Waals surface area contributed by atoms with Crippen molar-refractivity contribution < 1.29 is 13.2 Å². The van der Waals surface area contributed by atoms with Crippen molar-refractivity contribution >= 4 is 43.1 Å². The van der Waals surface area contributed by atoms with E-state index in [0.29, 0.717) is 17.3 Å². The zero-order valence-corrected chi connectivity index (χ0v) is 13.1. The first kappa shape index (κ1) is 14.2. The summed E-state index contributed by atoms with van der Waals surface area (Å²) in [7, 11) is -3.44. The quantitative estimate of drug-likeness (QED) is 0.840. The van der Waals surface area contributed by atoms with Crippen LogP contribution >= 0.6 is 27.3 Å². The van der Waals surface area contributed by atoms with E-state index < -0.39 is 10.0 Å². The number of piperidine rings is 1. The fourth-order valence-electron chi connectivity index (χ4n) is 2.06. The monoisotopic (exact) mass is 351 g/mol. The van der Waals surface area contributed by atoms with Gasteiger partial charge in [-0.15, -0.1) is 11.3 Å². The minimum absolute atomic E-state index is 0.0715. The molecule has 7 heteroatoms. The third kappa shape index (κ3) is 2.84. The van der Waals surface area contributed by atoms with E-state index in [-0.39, 0.29) is 11.7 Å². The summed E-state index contributed by atoms with van der Waals surface area (Å²) >= 11 is 4.47. The van der Waals surface area contributed by atoms with Crippen molar-refractivity contribution in [2.24, 2.45) is 5.92 Å². The van der Waals surface area contributed by atoms with Crippen LogP contribution in [0.3, 0.4) is 0 Å². The average molecular weight is 352 g/mol. The molecule has 0 spiro atoms. The summed E-state index contributed by atoms with van der Waals surface area (Å²) < 4.78 is 27.3. The largest absolute Gasteiger partial charge is 0.300 e. The molecule has 2 heterocycles. The number of ketones is 1. The van der Waals surface area contributed by atoms with Crippen molar-refractivity contribution in [3.8, 4) is 0 Å². The Hall–Kier alpha value is -0.240. The van der Waals surface area contributed by atoms with Crippen LogP contribution in [0, 0.1) is 5.92 Å². The number of thiophene rings is 1. The van der Waals surface area contributed by atoms with Gasteiger partial charge in [-0.05, 0) is 47.8 Å². The van der Waals surface area contributed by atoms with Gasteiger partial charge in [-0.3, -0.25) is 4.79 Å². The number of hydrogen-bond acceptors (Lipinski definition) is 4. The summed E-state index contributed by atoms with van der Waals surface area (Å²) in [5.74, 6) is -0.0841. The number of halogens is 1. The maximum Gasteiger partial charge on any atom is 0.252 e. The first-order valence-corrected chi connectivity index (χ1v) is 8.72. The standard InChI is InChI=1S/C11H14BrNO3S2/c1-8(14)9-3-2-6-13(7-9)18(15,16)11-5-4-10(12)17-11/h4-5,9H,2-3,6-7H2,1H3. The molecule has 2 rings (SSSR count). The fraction of sp³-hybridized carbons (Fsp3) is 0.545. The van der Waals surface area contributed by atoms with Crippen LogP contribution in [0.4, 0.5) is 0 Å². The predicted octanol–water partition coefficient (Wildman–Crippen LogP) is 2.50. The second kappa shape index (κ2) is 5.40. The van der Waals surface area contributed by atoms with Gasteiger partial charge in [0.1, 0.15) is 9.99 Å². The maximum absolute atomic E-state index is 12.4. The van der Waals surface area contributed by atoms with Crippen LogP contribution in [0.5, 0.6) is 0 Å². The van der Waals surface area contributed by atoms with E-state index in [9.17, 15) is 13.2 Å². The SMILES string of the molecule is CC(=O)C1CCCN(S(=O)(=O)c2ccc(Br)s2)C1. The first-order valence-electron chi connectivity index (χ1n) is 5.67. The summed E-state index contributed by atoms with van der Waals surface area (Å²) in [6, 6.07) is 3.32. The van der Waals surface area contributed by atoms with Gasteiger partial charge in [-0.1, -0.05) is 0 Å². The van der Waals surface area contributed by atoms with Gasteiger partial charge in [0, 0.05) is 19.0 Å². The third-order valence-electron chi connectivity index (χ3n) is 3.10. The lowest BCUT2D eigenvalue weighted by molar-refractivity contribution is -0.121. The van der Waals surface area contributed by atoms with Crippen LogP contribution in [-0.2, 0) is 14.8 Å². The topological polar surface area (TPSA) is 54.5 Å². The van der Waals surface area contributed by atoms with Gasteiger partial charge in [0.2, 0.25) is 0 Å². The molecule has 1 unspecified atom stereocenters. The highest BCUT2D eigenvalue weighted by atomic mass is 79.9. The highest BCUT2D eigenvalue weighted by molar-refractivity contribution is 9.11. The molecular weight excluding hydrogens is 338 g/mol. The van der Waals surface area contributed by atoms with Crippen LogP contribution in [0.15, 0.2) is 20.1 Å². The summed E-state index contributed by atoms with van der Waals surface area (Å²) in [6.45, 7) is 2.34. The number of Topliss-reactive ketones (excluding diaryl/α,β-unsaturated/α-hetero) is 1. The molecule has 1 saturated heterocycles. The molecule has 0 radical (unpaired) electrons. The molecular formula is C11H14BrNO3S2. The Morgan fingerprint density at radius 2 is 2.22 bits per heavy atom. The minimum Gasteiger partial charge on any atom is -0.300 e. The highest BCUT2D eigenvalue weighted by Gasteiger charge is 2.32. The average Bonchev–Trinajstić information content (AvgIpc) is 2.77. The van der Waals surface area contributed by atoms with Crippen LogP contribution in [0.2, 0.25) is 0 Å². The van der Waals surface area contributed by atoms with E-state index in [4.69, 9.17) is 0 Å². The molecule has 1 aliphatic heterocycles. The van der Waals surface area contributed by atoms with Gasteiger partial charge in [0.05, 0.1) is 3.79 Å². The molecule has 100 valence electrons. The van der Waals surface area contributed by atoms with Crippen LogP contribution in [0.25, 0.3) is 0 Å². The summed E-state index contributed by atoms with van der Waals surface area (Å²) in [5, 5.41) is 0. The molecule has 1 aromatic rings. The van der Waals surface area contributed by atoms with Gasteiger partial charge >= 0.3 is 0 Å². The number of carbonyl (C=O) groups excluding carboxylic acids is 1. The third-order valence-corrected chi connectivity index (χ3v) is 7.06. The van der Waals surface area contributed by atoms with E-state index in [1.807, 2.05) is 0 Å². The molecule has 0 amide bonds. The van der Waals surface area contributed by atoms with E-state index in [0.717, 1.165) is 16.6 Å². The minimum atomic E-state index is -3.44. The Kier molecular flexibility index (Phi) is 4.25. The Labute approximate surface area is 119 Å². The van der Waals surface area contributed by atoms with Crippen LogP contribution in [-0.4, -0.2) is 31.6 Å². The lowest BCUT2D eigenvalue weighted by Crippen LogP contribution is -2.41. The smallest absolute Gasteiger partial charge is 0.252 e. The maximum atomic E-state index is 12.4. The van der Waals surface area contributed by atoms with Gasteiger partial charge in [0.25, 0.3) is 10.0 Å². The van der Waals surface area contributed by atoms with Crippen molar-refractivity contribution in [3.63, 3.8) is 0 Å². The second-order valence-corrected chi connectivity index (χ2v) is 9.00. The Morgan fingerprint density at radius 3 is 2.78 bits per heavy atom. The highest BCUT2D eigenvalue weighted by Crippen LogP contribution is 2.30. The van der Waals surface area contributed by atoms with Gasteiger partial charge in [-0.25, -0.2) is 8.42 Å². The van der Waals surface area contributed by atoms with Crippen molar-refractivity contribution in [2.75, 3.05) is 13.1 Å². The first-order chi connectivity index (χ1) is 8.41. The van der Waals surface area contributed by atoms with Crippen LogP contribution in [0.1, 0.15) is 19.8 Å². The van der Waals surface area contributed by atoms with Crippen molar-refractivity contribution in [3.05, 3.63) is 15.9 Å². The molecule has 1 fully saturated rings. The summed E-state index contributed by atoms with van der Waals surface area (Å²) in [4.78, 5) is 11.4. The molecule has 0 bridgehead atoms. The Balaban J connectivity index is 2.22. The number of rotatable bonds is 3. The Bertz CT molecular complexity index is 552. The fourth-order valence-corrected chi connectivity index (χ4v) is 5.74. The molecule has 1 aliphatic rings. The predicted molar refractivity (Wildman–Crippen MR) is 74.2 cm³/mol. The lowest BCUT2D eigenvalue weighted by atomic mass is 9.96. The van der Waals surface area contributed by atoms with E-state index >= 15 is 0 Å². The van der Waals surface area contributed by atoms with Crippen LogP contribution < -0.4 is 0 Å². The summed E-state index contributed by atoms with van der Waals surface area (Å²) in [6.07, 6.45) is 1.53. The van der Waals surface area contributed by atoms with Gasteiger partial charge in [-0.2, -0.15) is 4.31 Å². The molecule has 0 aromatic carbocycles. The number of hydrogen-bond donors (Lipinski definition) is 0. The number of nitrogens with zero attached hydrogens (tertiary/aromatic N) is 1. The van der Waals surface area contributed by atoms with Gasteiger partial charge in [0.15, 0.2) is 0 Å². The zero-order valence-electron chi connectivity index (χ0n) is 9.93.